The Morgan fingerprint density at radius 2 is 2.40 bits per heavy atom. The van der Waals surface area contributed by atoms with Crippen molar-refractivity contribution in [3.05, 3.63) is 35.7 Å². The van der Waals surface area contributed by atoms with Crippen LogP contribution in [-0.2, 0) is 4.74 Å². The largest absolute Gasteiger partial charge is 0.373 e. The van der Waals surface area contributed by atoms with Crippen LogP contribution < -0.4 is 5.73 Å². The predicted molar refractivity (Wildman–Crippen MR) is 74.6 cm³/mol. The van der Waals surface area contributed by atoms with Gasteiger partial charge in [-0.3, -0.25) is 4.79 Å². The number of hydrogen-bond donors (Lipinski definition) is 1. The Hall–Kier alpha value is -1.92. The second-order valence-electron chi connectivity index (χ2n) is 5.08. The molecule has 1 amide bonds. The van der Waals surface area contributed by atoms with E-state index in [1.54, 1.807) is 9.42 Å². The summed E-state index contributed by atoms with van der Waals surface area (Å²) in [5.41, 5.74) is 8.14. The maximum atomic E-state index is 12.5. The van der Waals surface area contributed by atoms with Crippen LogP contribution in [0.5, 0.6) is 0 Å². The van der Waals surface area contributed by atoms with E-state index in [0.29, 0.717) is 31.9 Å². The lowest BCUT2D eigenvalue weighted by Gasteiger charge is -2.31. The number of rotatable bonds is 2. The fraction of sp³-hybridized carbons (Fsp3) is 0.429. The molecule has 6 nitrogen and oxygen atoms in total. The Kier molecular flexibility index (Phi) is 3.42. The maximum Gasteiger partial charge on any atom is 0.274 e. The molecule has 0 spiro atoms. The van der Waals surface area contributed by atoms with Gasteiger partial charge < -0.3 is 15.4 Å². The molecule has 1 fully saturated rings. The second-order valence-corrected chi connectivity index (χ2v) is 5.08. The van der Waals surface area contributed by atoms with Crippen molar-refractivity contribution in [2.24, 2.45) is 5.73 Å². The summed E-state index contributed by atoms with van der Waals surface area (Å²) < 4.78 is 7.20. The standard InChI is InChI=1S/C14H18N4O2/c1-10-2-3-18-11(6-10)7-13(16-18)14(19)17-4-5-20-12(8-15)9-17/h2-3,6-7,12H,4-5,8-9,15H2,1H3. The first-order valence-electron chi connectivity index (χ1n) is 6.74. The molecule has 0 aliphatic carbocycles. The van der Waals surface area contributed by atoms with Crippen molar-refractivity contribution in [3.8, 4) is 0 Å². The first-order chi connectivity index (χ1) is 9.67. The average Bonchev–Trinajstić information content (AvgIpc) is 2.89. The number of fused-ring (bicyclic) bond motifs is 1. The maximum absolute atomic E-state index is 12.5. The Balaban J connectivity index is 1.84. The molecule has 2 aromatic rings. The van der Waals surface area contributed by atoms with Gasteiger partial charge >= 0.3 is 0 Å². The summed E-state index contributed by atoms with van der Waals surface area (Å²) in [7, 11) is 0. The minimum absolute atomic E-state index is 0.0619. The number of carbonyl (C=O) groups is 1. The number of carbonyl (C=O) groups excluding carboxylic acids is 1. The molecule has 1 unspecified atom stereocenters. The molecule has 0 saturated carbocycles. The Morgan fingerprint density at radius 1 is 1.55 bits per heavy atom. The molecule has 3 heterocycles. The van der Waals surface area contributed by atoms with Gasteiger partial charge in [0.1, 0.15) is 0 Å². The third kappa shape index (κ3) is 2.39. The fourth-order valence-electron chi connectivity index (χ4n) is 2.42. The van der Waals surface area contributed by atoms with Gasteiger partial charge in [-0.2, -0.15) is 5.10 Å². The lowest BCUT2D eigenvalue weighted by Crippen LogP contribution is -2.48. The van der Waals surface area contributed by atoms with Crippen LogP contribution in [0, 0.1) is 6.92 Å². The molecule has 20 heavy (non-hydrogen) atoms. The highest BCUT2D eigenvalue weighted by Gasteiger charge is 2.25. The van der Waals surface area contributed by atoms with Crippen molar-refractivity contribution >= 4 is 11.4 Å². The quantitative estimate of drug-likeness (QED) is 0.862. The summed E-state index contributed by atoms with van der Waals surface area (Å²) in [5.74, 6) is -0.0619. The third-order valence-corrected chi connectivity index (χ3v) is 3.53. The van der Waals surface area contributed by atoms with Gasteiger partial charge in [0.05, 0.1) is 18.2 Å². The molecular weight excluding hydrogens is 256 g/mol. The molecule has 1 saturated heterocycles. The molecule has 3 rings (SSSR count). The molecule has 1 atom stereocenters. The summed E-state index contributed by atoms with van der Waals surface area (Å²) in [6.07, 6.45) is 1.79. The lowest BCUT2D eigenvalue weighted by atomic mass is 10.2. The number of amides is 1. The number of nitrogens with zero attached hydrogens (tertiary/aromatic N) is 3. The van der Waals surface area contributed by atoms with Crippen LogP contribution in [0.3, 0.4) is 0 Å². The summed E-state index contributed by atoms with van der Waals surface area (Å²) in [6, 6.07) is 5.79. The van der Waals surface area contributed by atoms with E-state index < -0.39 is 0 Å². The lowest BCUT2D eigenvalue weighted by molar-refractivity contribution is -0.0169. The van der Waals surface area contributed by atoms with Crippen molar-refractivity contribution in [1.82, 2.24) is 14.5 Å². The number of pyridine rings is 1. The van der Waals surface area contributed by atoms with Crippen LogP contribution in [0.4, 0.5) is 0 Å². The van der Waals surface area contributed by atoms with Crippen molar-refractivity contribution in [3.63, 3.8) is 0 Å². The van der Waals surface area contributed by atoms with E-state index in [1.165, 1.54) is 0 Å². The van der Waals surface area contributed by atoms with Gasteiger partial charge in [0.15, 0.2) is 5.69 Å². The highest BCUT2D eigenvalue weighted by atomic mass is 16.5. The van der Waals surface area contributed by atoms with Gasteiger partial charge in [0.25, 0.3) is 5.91 Å². The van der Waals surface area contributed by atoms with Crippen LogP contribution >= 0.6 is 0 Å². The summed E-state index contributed by atoms with van der Waals surface area (Å²) >= 11 is 0. The van der Waals surface area contributed by atoms with Gasteiger partial charge in [0, 0.05) is 25.8 Å². The van der Waals surface area contributed by atoms with Crippen molar-refractivity contribution in [2.75, 3.05) is 26.2 Å². The molecule has 0 radical (unpaired) electrons. The molecular formula is C14H18N4O2. The van der Waals surface area contributed by atoms with E-state index in [-0.39, 0.29) is 12.0 Å². The molecule has 0 bridgehead atoms. The Bertz CT molecular complexity index is 637. The Morgan fingerprint density at radius 3 is 3.20 bits per heavy atom. The SMILES string of the molecule is Cc1ccn2nc(C(=O)N3CCOC(CN)C3)cc2c1. The van der Waals surface area contributed by atoms with E-state index in [4.69, 9.17) is 10.5 Å². The monoisotopic (exact) mass is 274 g/mol. The van der Waals surface area contributed by atoms with Gasteiger partial charge in [-0.25, -0.2) is 4.52 Å². The minimum atomic E-state index is -0.0769. The molecule has 6 heteroatoms. The first kappa shape index (κ1) is 13.1. The number of aromatic nitrogens is 2. The van der Waals surface area contributed by atoms with Gasteiger partial charge in [0.2, 0.25) is 0 Å². The normalized spacial score (nSPS) is 19.5. The van der Waals surface area contributed by atoms with Crippen molar-refractivity contribution < 1.29 is 9.53 Å². The van der Waals surface area contributed by atoms with E-state index in [1.807, 2.05) is 31.3 Å². The van der Waals surface area contributed by atoms with Crippen LogP contribution in [-0.4, -0.2) is 52.8 Å². The number of morpholine rings is 1. The van der Waals surface area contributed by atoms with E-state index in [9.17, 15) is 4.79 Å². The van der Waals surface area contributed by atoms with E-state index in [0.717, 1.165) is 11.1 Å². The van der Waals surface area contributed by atoms with Crippen LogP contribution in [0.25, 0.3) is 5.52 Å². The van der Waals surface area contributed by atoms with Crippen molar-refractivity contribution in [1.29, 1.82) is 0 Å². The number of nitrogens with two attached hydrogens (primary N) is 1. The second kappa shape index (κ2) is 5.22. The zero-order valence-corrected chi connectivity index (χ0v) is 11.5. The highest BCUT2D eigenvalue weighted by molar-refractivity contribution is 5.93. The molecule has 2 N–H and O–H groups in total. The predicted octanol–water partition coefficient (Wildman–Crippen LogP) is 0.442. The molecule has 1 aliphatic heterocycles. The third-order valence-electron chi connectivity index (χ3n) is 3.53. The minimum Gasteiger partial charge on any atom is -0.373 e. The molecule has 0 aromatic carbocycles. The van der Waals surface area contributed by atoms with E-state index in [2.05, 4.69) is 5.10 Å². The van der Waals surface area contributed by atoms with Crippen LogP contribution in [0.2, 0.25) is 0 Å². The summed E-state index contributed by atoms with van der Waals surface area (Å²) in [6.45, 7) is 4.08. The first-order valence-corrected chi connectivity index (χ1v) is 6.74. The molecule has 2 aromatic heterocycles. The topological polar surface area (TPSA) is 72.9 Å². The van der Waals surface area contributed by atoms with Crippen LogP contribution in [0.15, 0.2) is 24.4 Å². The summed E-state index contributed by atoms with van der Waals surface area (Å²) in [4.78, 5) is 14.2. The highest BCUT2D eigenvalue weighted by Crippen LogP contribution is 2.13. The number of ether oxygens (including phenoxy) is 1. The number of aryl methyl sites for hydroxylation is 1. The number of hydrogen-bond acceptors (Lipinski definition) is 4. The Labute approximate surface area is 117 Å². The van der Waals surface area contributed by atoms with Crippen LogP contribution in [0.1, 0.15) is 16.1 Å². The zero-order valence-electron chi connectivity index (χ0n) is 11.5. The smallest absolute Gasteiger partial charge is 0.274 e. The van der Waals surface area contributed by atoms with Gasteiger partial charge in [-0.15, -0.1) is 0 Å². The van der Waals surface area contributed by atoms with Gasteiger partial charge in [-0.1, -0.05) is 0 Å². The fourth-order valence-corrected chi connectivity index (χ4v) is 2.42. The average molecular weight is 274 g/mol. The van der Waals surface area contributed by atoms with Crippen molar-refractivity contribution in [2.45, 2.75) is 13.0 Å². The van der Waals surface area contributed by atoms with E-state index >= 15 is 0 Å². The summed E-state index contributed by atoms with van der Waals surface area (Å²) in [5, 5.41) is 4.33. The van der Waals surface area contributed by atoms with Gasteiger partial charge in [-0.05, 0) is 30.7 Å². The zero-order chi connectivity index (χ0) is 14.1. The molecule has 106 valence electrons. The molecule has 1 aliphatic rings.